The van der Waals surface area contributed by atoms with Gasteiger partial charge in [-0.25, -0.2) is 9.59 Å². The Balaban J connectivity index is 1.84. The van der Waals surface area contributed by atoms with Crippen LogP contribution in [0.1, 0.15) is 52.7 Å². The van der Waals surface area contributed by atoms with E-state index in [0.717, 1.165) is 40.6 Å². The van der Waals surface area contributed by atoms with E-state index in [4.69, 9.17) is 16.3 Å². The van der Waals surface area contributed by atoms with Crippen molar-refractivity contribution in [3.05, 3.63) is 61.4 Å². The lowest BCUT2D eigenvalue weighted by Gasteiger charge is -2.41. The Bertz CT molecular complexity index is 1380. The first-order valence-corrected chi connectivity index (χ1v) is 13.9. The number of nitrogens with zero attached hydrogens (tertiary/aromatic N) is 4. The molecule has 0 saturated carbocycles. The summed E-state index contributed by atoms with van der Waals surface area (Å²) in [6.07, 6.45) is 1.25. The molecule has 1 fully saturated rings. The maximum Gasteiger partial charge on any atom is 0.410 e. The highest BCUT2D eigenvalue weighted by molar-refractivity contribution is 9.10. The number of ether oxygens (including phenoxy) is 1. The Morgan fingerprint density at radius 2 is 1.81 bits per heavy atom. The van der Waals surface area contributed by atoms with Gasteiger partial charge in [0.1, 0.15) is 11.4 Å². The number of anilines is 1. The topological polar surface area (TPSA) is 67.7 Å². The lowest BCUT2D eigenvalue weighted by atomic mass is 10.0. The molecule has 1 aromatic heterocycles. The SMILES string of the molecule is CCc1cccc(CC)c1-n1c(=O)nc(N2CCN(C(=O)OC(C)(C)C)CC2C)c2cc(Cl)c(Br)cc21. The number of benzene rings is 2. The summed E-state index contributed by atoms with van der Waals surface area (Å²) in [4.78, 5) is 34.9. The molecule has 0 N–H and O–H groups in total. The van der Waals surface area contributed by atoms with Crippen LogP contribution in [0.4, 0.5) is 10.6 Å². The number of para-hydroxylation sites is 1. The van der Waals surface area contributed by atoms with Crippen LogP contribution in [0, 0.1) is 0 Å². The minimum Gasteiger partial charge on any atom is -0.444 e. The molecule has 0 radical (unpaired) electrons. The van der Waals surface area contributed by atoms with Gasteiger partial charge in [0, 0.05) is 35.5 Å². The average Bonchev–Trinajstić information content (AvgIpc) is 2.83. The monoisotopic (exact) mass is 588 g/mol. The lowest BCUT2D eigenvalue weighted by Crippen LogP contribution is -2.55. The van der Waals surface area contributed by atoms with Crippen molar-refractivity contribution >= 4 is 50.3 Å². The molecule has 3 aromatic rings. The molecule has 198 valence electrons. The highest BCUT2D eigenvalue weighted by Crippen LogP contribution is 2.35. The number of halogens is 2. The fourth-order valence-electron chi connectivity index (χ4n) is 4.91. The van der Waals surface area contributed by atoms with Crippen LogP contribution < -0.4 is 10.6 Å². The molecule has 7 nitrogen and oxygen atoms in total. The quantitative estimate of drug-likeness (QED) is 0.354. The second-order valence-electron chi connectivity index (χ2n) is 10.4. The number of piperazine rings is 1. The minimum absolute atomic E-state index is 0.0798. The van der Waals surface area contributed by atoms with E-state index >= 15 is 0 Å². The summed E-state index contributed by atoms with van der Waals surface area (Å²) < 4.78 is 8.00. The smallest absolute Gasteiger partial charge is 0.410 e. The van der Waals surface area contributed by atoms with Crippen LogP contribution >= 0.6 is 27.5 Å². The Hall–Kier alpha value is -2.58. The predicted molar refractivity (Wildman–Crippen MR) is 153 cm³/mol. The van der Waals surface area contributed by atoms with Crippen LogP contribution in [0.5, 0.6) is 0 Å². The normalized spacial score (nSPS) is 16.4. The van der Waals surface area contributed by atoms with Gasteiger partial charge in [0.25, 0.3) is 0 Å². The van der Waals surface area contributed by atoms with Crippen LogP contribution in [0.2, 0.25) is 5.02 Å². The molecule has 1 aliphatic heterocycles. The Morgan fingerprint density at radius 3 is 2.38 bits per heavy atom. The van der Waals surface area contributed by atoms with Crippen molar-refractivity contribution in [3.63, 3.8) is 0 Å². The average molecular weight is 590 g/mol. The maximum atomic E-state index is 13.8. The summed E-state index contributed by atoms with van der Waals surface area (Å²) in [6.45, 7) is 13.2. The molecule has 0 spiro atoms. The number of rotatable bonds is 4. The number of aromatic nitrogens is 2. The van der Waals surface area contributed by atoms with Gasteiger partial charge in [-0.1, -0.05) is 43.6 Å². The van der Waals surface area contributed by atoms with Crippen LogP contribution in [0.3, 0.4) is 0 Å². The minimum atomic E-state index is -0.560. The van der Waals surface area contributed by atoms with Gasteiger partial charge in [-0.05, 0) is 79.7 Å². The second-order valence-corrected chi connectivity index (χ2v) is 11.7. The molecule has 1 aliphatic rings. The predicted octanol–water partition coefficient (Wildman–Crippen LogP) is 6.37. The van der Waals surface area contributed by atoms with Gasteiger partial charge in [-0.2, -0.15) is 4.98 Å². The van der Waals surface area contributed by atoms with E-state index in [-0.39, 0.29) is 17.8 Å². The van der Waals surface area contributed by atoms with Gasteiger partial charge in [0.2, 0.25) is 0 Å². The largest absolute Gasteiger partial charge is 0.444 e. The Labute approximate surface area is 231 Å². The second kappa shape index (κ2) is 10.7. The molecular formula is C28H34BrClN4O3. The molecule has 37 heavy (non-hydrogen) atoms. The number of aryl methyl sites for hydroxylation is 2. The highest BCUT2D eigenvalue weighted by Gasteiger charge is 2.32. The zero-order chi connectivity index (χ0) is 27.1. The number of carbonyl (C=O) groups is 1. The van der Waals surface area contributed by atoms with Gasteiger partial charge >= 0.3 is 11.8 Å². The van der Waals surface area contributed by atoms with Crippen LogP contribution in [0.15, 0.2) is 39.6 Å². The molecule has 0 aliphatic carbocycles. The lowest BCUT2D eigenvalue weighted by molar-refractivity contribution is 0.0218. The van der Waals surface area contributed by atoms with Gasteiger partial charge in [0.05, 0.1) is 16.2 Å². The summed E-state index contributed by atoms with van der Waals surface area (Å²) in [6, 6.07) is 9.84. The van der Waals surface area contributed by atoms with Crippen molar-refractivity contribution in [2.24, 2.45) is 0 Å². The number of hydrogen-bond acceptors (Lipinski definition) is 5. The van der Waals surface area contributed by atoms with E-state index in [9.17, 15) is 9.59 Å². The summed E-state index contributed by atoms with van der Waals surface area (Å²) in [5.41, 5.74) is 2.90. The van der Waals surface area contributed by atoms with E-state index in [1.54, 1.807) is 9.47 Å². The molecule has 1 atom stereocenters. The summed E-state index contributed by atoms with van der Waals surface area (Å²) in [5, 5.41) is 1.33. The molecule has 2 heterocycles. The molecule has 2 aromatic carbocycles. The van der Waals surface area contributed by atoms with Gasteiger partial charge in [-0.15, -0.1) is 0 Å². The van der Waals surface area contributed by atoms with Crippen molar-refractivity contribution in [3.8, 4) is 5.69 Å². The molecule has 4 rings (SSSR count). The first kappa shape index (κ1) is 27.5. The zero-order valence-corrected chi connectivity index (χ0v) is 24.6. The molecule has 1 amide bonds. The third kappa shape index (κ3) is 5.50. The first-order chi connectivity index (χ1) is 17.4. The van der Waals surface area contributed by atoms with E-state index in [0.29, 0.717) is 34.9 Å². The van der Waals surface area contributed by atoms with E-state index in [1.165, 1.54) is 0 Å². The van der Waals surface area contributed by atoms with Crippen molar-refractivity contribution in [1.29, 1.82) is 0 Å². The van der Waals surface area contributed by atoms with Crippen LogP contribution in [-0.4, -0.2) is 51.8 Å². The summed E-state index contributed by atoms with van der Waals surface area (Å²) in [5.74, 6) is 0.578. The molecule has 1 saturated heterocycles. The Morgan fingerprint density at radius 1 is 1.16 bits per heavy atom. The van der Waals surface area contributed by atoms with Crippen molar-refractivity contribution in [1.82, 2.24) is 14.5 Å². The molecule has 0 bridgehead atoms. The summed E-state index contributed by atoms with van der Waals surface area (Å²) in [7, 11) is 0. The third-order valence-electron chi connectivity index (χ3n) is 6.65. The van der Waals surface area contributed by atoms with Crippen LogP contribution in [0.25, 0.3) is 16.6 Å². The summed E-state index contributed by atoms with van der Waals surface area (Å²) >= 11 is 10.1. The van der Waals surface area contributed by atoms with Gasteiger partial charge in [-0.3, -0.25) is 4.57 Å². The number of amides is 1. The highest BCUT2D eigenvalue weighted by atomic mass is 79.9. The van der Waals surface area contributed by atoms with E-state index in [1.807, 2.05) is 45.9 Å². The first-order valence-electron chi connectivity index (χ1n) is 12.7. The standard InChI is InChI=1S/C28H34BrClN4O3/c1-7-18-10-9-11-19(8-2)24(18)34-23-15-21(29)22(30)14-20(23)25(31-26(34)35)33-13-12-32(16-17(33)3)27(36)37-28(4,5)6/h9-11,14-15,17H,7-8,12-13,16H2,1-6H3. The fourth-order valence-corrected chi connectivity index (χ4v) is 5.40. The number of hydrogen-bond donors (Lipinski definition) is 0. The van der Waals surface area contributed by atoms with Gasteiger partial charge < -0.3 is 14.5 Å². The third-order valence-corrected chi connectivity index (χ3v) is 7.85. The maximum absolute atomic E-state index is 13.8. The fraction of sp³-hybridized carbons (Fsp3) is 0.464. The number of fused-ring (bicyclic) bond motifs is 1. The molecule has 1 unspecified atom stereocenters. The van der Waals surface area contributed by atoms with Crippen LogP contribution in [-0.2, 0) is 17.6 Å². The Kier molecular flexibility index (Phi) is 7.91. The zero-order valence-electron chi connectivity index (χ0n) is 22.3. The molecular weight excluding hydrogens is 556 g/mol. The van der Waals surface area contributed by atoms with E-state index in [2.05, 4.69) is 51.8 Å². The van der Waals surface area contributed by atoms with Gasteiger partial charge in [0.15, 0.2) is 0 Å². The van der Waals surface area contributed by atoms with Crippen molar-refractivity contribution in [2.75, 3.05) is 24.5 Å². The van der Waals surface area contributed by atoms with Crippen molar-refractivity contribution < 1.29 is 9.53 Å². The van der Waals surface area contributed by atoms with Crippen molar-refractivity contribution in [2.45, 2.75) is 66.0 Å². The number of carbonyl (C=O) groups excluding carboxylic acids is 1. The molecule has 9 heteroatoms. The van der Waals surface area contributed by atoms with E-state index < -0.39 is 5.60 Å².